The van der Waals surface area contributed by atoms with Gasteiger partial charge in [-0.3, -0.25) is 4.90 Å². The number of hydrogen-bond donors (Lipinski definition) is 1. The van der Waals surface area contributed by atoms with E-state index in [4.69, 9.17) is 0 Å². The van der Waals surface area contributed by atoms with Gasteiger partial charge in [-0.15, -0.1) is 0 Å². The van der Waals surface area contributed by atoms with Crippen molar-refractivity contribution >= 4 is 9.84 Å². The van der Waals surface area contributed by atoms with E-state index in [-0.39, 0.29) is 23.5 Å². The molecular weight excluding hydrogens is 274 g/mol. The molecule has 1 aliphatic rings. The lowest BCUT2D eigenvalue weighted by atomic mass is 9.96. The number of hydrogen-bond acceptors (Lipinski definition) is 4. The standard InChI is InChI=1S/C15H23NO3S/c1-12(15(17)14-6-4-3-5-7-14)10-16-8-9-20(18,19)11-13(16)2/h3-7,12-13,15,17H,8-11H2,1-2H3. The fraction of sp³-hybridized carbons (Fsp3) is 0.600. The highest BCUT2D eigenvalue weighted by atomic mass is 32.2. The van der Waals surface area contributed by atoms with Crippen LogP contribution in [-0.2, 0) is 9.84 Å². The summed E-state index contributed by atoms with van der Waals surface area (Å²) in [6, 6.07) is 9.64. The van der Waals surface area contributed by atoms with Gasteiger partial charge in [0.05, 0.1) is 17.6 Å². The van der Waals surface area contributed by atoms with Crippen LogP contribution in [0.2, 0.25) is 0 Å². The first-order valence-corrected chi connectivity index (χ1v) is 8.88. The van der Waals surface area contributed by atoms with E-state index in [1.54, 1.807) is 0 Å². The highest BCUT2D eigenvalue weighted by Gasteiger charge is 2.30. The average Bonchev–Trinajstić information content (AvgIpc) is 2.41. The Morgan fingerprint density at radius 1 is 1.35 bits per heavy atom. The Morgan fingerprint density at radius 3 is 2.60 bits per heavy atom. The predicted molar refractivity (Wildman–Crippen MR) is 80.3 cm³/mol. The minimum absolute atomic E-state index is 0.0270. The van der Waals surface area contributed by atoms with E-state index in [1.807, 2.05) is 44.2 Å². The molecule has 5 heteroatoms. The van der Waals surface area contributed by atoms with Crippen LogP contribution in [0.25, 0.3) is 0 Å². The summed E-state index contributed by atoms with van der Waals surface area (Å²) in [6.45, 7) is 5.23. The number of benzene rings is 1. The maximum atomic E-state index is 11.6. The van der Waals surface area contributed by atoms with Crippen LogP contribution in [0.3, 0.4) is 0 Å². The first-order chi connectivity index (χ1) is 9.39. The number of aliphatic hydroxyl groups excluding tert-OH is 1. The van der Waals surface area contributed by atoms with E-state index in [1.165, 1.54) is 0 Å². The number of rotatable bonds is 4. The second-order valence-corrected chi connectivity index (χ2v) is 8.02. The van der Waals surface area contributed by atoms with Gasteiger partial charge in [-0.25, -0.2) is 8.42 Å². The highest BCUT2D eigenvalue weighted by molar-refractivity contribution is 7.91. The van der Waals surface area contributed by atoms with Crippen LogP contribution in [0.4, 0.5) is 0 Å². The Bertz CT molecular complexity index is 529. The third kappa shape index (κ3) is 3.81. The molecule has 1 saturated heterocycles. The van der Waals surface area contributed by atoms with E-state index >= 15 is 0 Å². The third-order valence-corrected chi connectivity index (χ3v) is 5.81. The summed E-state index contributed by atoms with van der Waals surface area (Å²) in [6.07, 6.45) is -0.512. The van der Waals surface area contributed by atoms with Crippen LogP contribution in [0.5, 0.6) is 0 Å². The molecule has 0 bridgehead atoms. The molecular formula is C15H23NO3S. The molecule has 0 radical (unpaired) electrons. The SMILES string of the molecule is CC(CN1CCS(=O)(=O)CC1C)C(O)c1ccccc1. The van der Waals surface area contributed by atoms with Gasteiger partial charge in [0.25, 0.3) is 0 Å². The van der Waals surface area contributed by atoms with Crippen molar-refractivity contribution in [3.8, 4) is 0 Å². The normalized spacial score (nSPS) is 26.1. The van der Waals surface area contributed by atoms with Crippen LogP contribution < -0.4 is 0 Å². The zero-order valence-electron chi connectivity index (χ0n) is 12.1. The van der Waals surface area contributed by atoms with Crippen LogP contribution in [0.1, 0.15) is 25.5 Å². The average molecular weight is 297 g/mol. The molecule has 2 rings (SSSR count). The summed E-state index contributed by atoms with van der Waals surface area (Å²) in [7, 11) is -2.88. The lowest BCUT2D eigenvalue weighted by Gasteiger charge is -2.36. The molecule has 1 aromatic rings. The summed E-state index contributed by atoms with van der Waals surface area (Å²) in [5, 5.41) is 10.4. The van der Waals surface area contributed by atoms with Crippen molar-refractivity contribution in [1.82, 2.24) is 4.90 Å². The van der Waals surface area contributed by atoms with Gasteiger partial charge in [0.1, 0.15) is 0 Å². The molecule has 1 aromatic carbocycles. The van der Waals surface area contributed by atoms with Crippen LogP contribution in [0.15, 0.2) is 30.3 Å². The Hall–Kier alpha value is -0.910. The fourth-order valence-corrected chi connectivity index (χ4v) is 4.38. The lowest BCUT2D eigenvalue weighted by molar-refractivity contribution is 0.0796. The van der Waals surface area contributed by atoms with Crippen molar-refractivity contribution in [2.75, 3.05) is 24.6 Å². The van der Waals surface area contributed by atoms with Gasteiger partial charge < -0.3 is 5.11 Å². The summed E-state index contributed by atoms with van der Waals surface area (Å²) in [4.78, 5) is 2.16. The number of sulfone groups is 1. The molecule has 20 heavy (non-hydrogen) atoms. The van der Waals surface area contributed by atoms with Crippen LogP contribution >= 0.6 is 0 Å². The second-order valence-electron chi connectivity index (χ2n) is 5.79. The molecule has 0 saturated carbocycles. The number of nitrogens with zero attached hydrogens (tertiary/aromatic N) is 1. The van der Waals surface area contributed by atoms with Crippen molar-refractivity contribution < 1.29 is 13.5 Å². The van der Waals surface area contributed by atoms with Crippen molar-refractivity contribution in [2.24, 2.45) is 5.92 Å². The summed E-state index contributed by atoms with van der Waals surface area (Å²) in [5.74, 6) is 0.521. The summed E-state index contributed by atoms with van der Waals surface area (Å²) < 4.78 is 23.1. The fourth-order valence-electron chi connectivity index (χ4n) is 2.75. The van der Waals surface area contributed by atoms with Gasteiger partial charge >= 0.3 is 0 Å². The van der Waals surface area contributed by atoms with Gasteiger partial charge in [0, 0.05) is 19.1 Å². The first kappa shape index (κ1) is 15.5. The van der Waals surface area contributed by atoms with Crippen molar-refractivity contribution in [2.45, 2.75) is 26.0 Å². The molecule has 0 amide bonds. The van der Waals surface area contributed by atoms with Crippen molar-refractivity contribution in [3.63, 3.8) is 0 Å². The first-order valence-electron chi connectivity index (χ1n) is 7.06. The monoisotopic (exact) mass is 297 g/mol. The van der Waals surface area contributed by atoms with Gasteiger partial charge in [-0.05, 0) is 18.4 Å². The van der Waals surface area contributed by atoms with Crippen molar-refractivity contribution in [1.29, 1.82) is 0 Å². The smallest absolute Gasteiger partial charge is 0.153 e. The lowest BCUT2D eigenvalue weighted by Crippen LogP contribution is -2.48. The zero-order valence-corrected chi connectivity index (χ0v) is 12.9. The minimum Gasteiger partial charge on any atom is -0.388 e. The van der Waals surface area contributed by atoms with Crippen molar-refractivity contribution in [3.05, 3.63) is 35.9 Å². The van der Waals surface area contributed by atoms with E-state index in [0.29, 0.717) is 13.1 Å². The Morgan fingerprint density at radius 2 is 2.00 bits per heavy atom. The molecule has 1 aliphatic heterocycles. The molecule has 112 valence electrons. The maximum Gasteiger partial charge on any atom is 0.153 e. The van der Waals surface area contributed by atoms with Gasteiger partial charge in [-0.1, -0.05) is 37.3 Å². The Balaban J connectivity index is 1.96. The molecule has 0 aliphatic carbocycles. The number of aliphatic hydroxyl groups is 1. The van der Waals surface area contributed by atoms with Gasteiger partial charge in [0.2, 0.25) is 0 Å². The second kappa shape index (κ2) is 6.24. The van der Waals surface area contributed by atoms with E-state index < -0.39 is 15.9 Å². The minimum atomic E-state index is -2.88. The zero-order chi connectivity index (χ0) is 14.8. The molecule has 4 nitrogen and oxygen atoms in total. The van der Waals surface area contributed by atoms with E-state index in [2.05, 4.69) is 4.90 Å². The largest absolute Gasteiger partial charge is 0.388 e. The van der Waals surface area contributed by atoms with Gasteiger partial charge in [-0.2, -0.15) is 0 Å². The summed E-state index contributed by atoms with van der Waals surface area (Å²) in [5.41, 5.74) is 0.914. The molecule has 3 unspecified atom stereocenters. The van der Waals surface area contributed by atoms with Gasteiger partial charge in [0.15, 0.2) is 9.84 Å². The van der Waals surface area contributed by atoms with Crippen LogP contribution in [0, 0.1) is 5.92 Å². The summed E-state index contributed by atoms with van der Waals surface area (Å²) >= 11 is 0. The Labute approximate surface area is 121 Å². The molecule has 1 N–H and O–H groups in total. The molecule has 1 fully saturated rings. The highest BCUT2D eigenvalue weighted by Crippen LogP contribution is 2.24. The Kier molecular flexibility index (Phi) is 4.83. The molecule has 0 spiro atoms. The molecule has 1 heterocycles. The molecule has 0 aromatic heterocycles. The molecule has 3 atom stereocenters. The predicted octanol–water partition coefficient (Wildman–Crippen LogP) is 1.48. The topological polar surface area (TPSA) is 57.6 Å². The van der Waals surface area contributed by atoms with Crippen LogP contribution in [-0.4, -0.2) is 49.1 Å². The third-order valence-electron chi connectivity index (χ3n) is 4.01. The van der Waals surface area contributed by atoms with E-state index in [0.717, 1.165) is 5.56 Å². The van der Waals surface area contributed by atoms with E-state index in [9.17, 15) is 13.5 Å². The quantitative estimate of drug-likeness (QED) is 0.914. The maximum absolute atomic E-state index is 11.6.